The number of ether oxygens (including phenoxy) is 1. The van der Waals surface area contributed by atoms with E-state index in [0.717, 1.165) is 86.3 Å². The minimum Gasteiger partial charge on any atom is -0.497 e. The lowest BCUT2D eigenvalue weighted by Gasteiger charge is -2.36. The number of carbonyl (C=O) groups is 1. The summed E-state index contributed by atoms with van der Waals surface area (Å²) in [6, 6.07) is 15.9. The molecule has 2 fully saturated rings. The zero-order valence-electron chi connectivity index (χ0n) is 21.4. The highest BCUT2D eigenvalue weighted by Crippen LogP contribution is 2.50. The SMILES string of the molecule is COc1ccc(-n2c(SCC(=O)N3CCCCC3)nc3c(c2=O)C2(CCCC2)Cc2ccccc2-3)cc1. The summed E-state index contributed by atoms with van der Waals surface area (Å²) in [7, 11) is 1.64. The van der Waals surface area contributed by atoms with Gasteiger partial charge in [-0.3, -0.25) is 14.2 Å². The van der Waals surface area contributed by atoms with Crippen molar-refractivity contribution in [2.45, 2.75) is 61.9 Å². The Morgan fingerprint density at radius 3 is 2.46 bits per heavy atom. The zero-order valence-corrected chi connectivity index (χ0v) is 22.2. The van der Waals surface area contributed by atoms with Gasteiger partial charge in [0.05, 0.1) is 29.8 Å². The lowest BCUT2D eigenvalue weighted by atomic mass is 9.68. The van der Waals surface area contributed by atoms with Gasteiger partial charge >= 0.3 is 0 Å². The van der Waals surface area contributed by atoms with Gasteiger partial charge in [0.15, 0.2) is 5.16 Å². The number of nitrogens with zero attached hydrogens (tertiary/aromatic N) is 3. The van der Waals surface area contributed by atoms with Crippen LogP contribution in [0.3, 0.4) is 0 Å². The summed E-state index contributed by atoms with van der Waals surface area (Å²) in [6.45, 7) is 1.64. The smallest absolute Gasteiger partial charge is 0.263 e. The Morgan fingerprint density at radius 1 is 1.00 bits per heavy atom. The van der Waals surface area contributed by atoms with Crippen molar-refractivity contribution < 1.29 is 9.53 Å². The van der Waals surface area contributed by atoms with E-state index >= 15 is 0 Å². The first-order chi connectivity index (χ1) is 18.1. The van der Waals surface area contributed by atoms with E-state index in [-0.39, 0.29) is 22.6 Å². The van der Waals surface area contributed by atoms with Crippen LogP contribution in [0.2, 0.25) is 0 Å². The minimum atomic E-state index is -0.172. The molecule has 0 atom stereocenters. The number of rotatable bonds is 5. The highest BCUT2D eigenvalue weighted by molar-refractivity contribution is 7.99. The molecule has 1 saturated heterocycles. The molecule has 2 heterocycles. The number of hydrogen-bond acceptors (Lipinski definition) is 5. The molecule has 1 saturated carbocycles. The Bertz CT molecular complexity index is 1370. The average Bonchev–Trinajstić information content (AvgIpc) is 3.40. The molecule has 0 unspecified atom stereocenters. The molecule has 7 heteroatoms. The van der Waals surface area contributed by atoms with Crippen molar-refractivity contribution in [1.82, 2.24) is 14.5 Å². The third kappa shape index (κ3) is 4.37. The molecular weight excluding hydrogens is 482 g/mol. The van der Waals surface area contributed by atoms with E-state index in [0.29, 0.717) is 5.16 Å². The van der Waals surface area contributed by atoms with Crippen LogP contribution in [0, 0.1) is 0 Å². The number of aromatic nitrogens is 2. The van der Waals surface area contributed by atoms with Gasteiger partial charge in [-0.2, -0.15) is 0 Å². The van der Waals surface area contributed by atoms with Crippen molar-refractivity contribution in [3.05, 3.63) is 70.0 Å². The van der Waals surface area contributed by atoms with Gasteiger partial charge < -0.3 is 9.64 Å². The maximum atomic E-state index is 14.5. The normalized spacial score (nSPS) is 17.9. The maximum Gasteiger partial charge on any atom is 0.263 e. The first kappa shape index (κ1) is 24.3. The third-order valence-electron chi connectivity index (χ3n) is 8.31. The Morgan fingerprint density at radius 2 is 1.73 bits per heavy atom. The van der Waals surface area contributed by atoms with Crippen LogP contribution in [0.5, 0.6) is 5.75 Å². The molecule has 2 aromatic carbocycles. The fraction of sp³-hybridized carbons (Fsp3) is 0.433. The first-order valence-electron chi connectivity index (χ1n) is 13.4. The highest BCUT2D eigenvalue weighted by atomic mass is 32.2. The van der Waals surface area contributed by atoms with Crippen LogP contribution >= 0.6 is 11.8 Å². The van der Waals surface area contributed by atoms with Crippen molar-refractivity contribution >= 4 is 17.7 Å². The molecule has 6 nitrogen and oxygen atoms in total. The Labute approximate surface area is 222 Å². The molecule has 2 aliphatic carbocycles. The Kier molecular flexibility index (Phi) is 6.57. The summed E-state index contributed by atoms with van der Waals surface area (Å²) in [4.78, 5) is 34.7. The molecule has 1 aliphatic heterocycles. The van der Waals surface area contributed by atoms with Gasteiger partial charge in [-0.15, -0.1) is 0 Å². The van der Waals surface area contributed by atoms with E-state index in [4.69, 9.17) is 9.72 Å². The van der Waals surface area contributed by atoms with E-state index in [1.807, 2.05) is 35.2 Å². The number of carbonyl (C=O) groups excluding carboxylic acids is 1. The molecule has 0 radical (unpaired) electrons. The molecule has 1 aromatic heterocycles. The Hall–Kier alpha value is -3.06. The second kappa shape index (κ2) is 10.0. The summed E-state index contributed by atoms with van der Waals surface area (Å²) < 4.78 is 7.10. The van der Waals surface area contributed by atoms with Gasteiger partial charge in [-0.25, -0.2) is 4.98 Å². The first-order valence-corrected chi connectivity index (χ1v) is 14.4. The summed E-state index contributed by atoms with van der Waals surface area (Å²) in [5.74, 6) is 1.12. The fourth-order valence-electron chi connectivity index (χ4n) is 6.43. The summed E-state index contributed by atoms with van der Waals surface area (Å²) in [5, 5.41) is 0.573. The van der Waals surface area contributed by atoms with Crippen LogP contribution in [0.25, 0.3) is 16.9 Å². The van der Waals surface area contributed by atoms with Gasteiger partial charge in [0, 0.05) is 24.1 Å². The average molecular weight is 516 g/mol. The number of amides is 1. The van der Waals surface area contributed by atoms with Crippen molar-refractivity contribution in [2.75, 3.05) is 26.0 Å². The lowest BCUT2D eigenvalue weighted by molar-refractivity contribution is -0.129. The predicted octanol–water partition coefficient (Wildman–Crippen LogP) is 5.38. The van der Waals surface area contributed by atoms with E-state index < -0.39 is 0 Å². The monoisotopic (exact) mass is 515 g/mol. The van der Waals surface area contributed by atoms with Crippen LogP contribution in [0.4, 0.5) is 0 Å². The molecule has 6 rings (SSSR count). The standard InChI is InChI=1S/C30H33N3O3S/c1-36-23-13-11-22(12-14-23)33-28(35)26-27(31-29(33)37-20-25(34)32-17-7-2-8-18-32)24-10-4-3-9-21(24)19-30(26)15-5-6-16-30/h3-4,9-14H,2,5-8,15-20H2,1H3. The zero-order chi connectivity index (χ0) is 25.4. The highest BCUT2D eigenvalue weighted by Gasteiger charge is 2.44. The van der Waals surface area contributed by atoms with Gasteiger partial charge in [0.2, 0.25) is 5.91 Å². The van der Waals surface area contributed by atoms with Crippen molar-refractivity contribution in [2.24, 2.45) is 0 Å². The van der Waals surface area contributed by atoms with E-state index in [2.05, 4.69) is 18.2 Å². The largest absolute Gasteiger partial charge is 0.497 e. The van der Waals surface area contributed by atoms with Gasteiger partial charge in [-0.05, 0) is 68.4 Å². The van der Waals surface area contributed by atoms with Gasteiger partial charge in [-0.1, -0.05) is 48.9 Å². The van der Waals surface area contributed by atoms with E-state index in [1.54, 1.807) is 11.7 Å². The minimum absolute atomic E-state index is 0.000471. The van der Waals surface area contributed by atoms with Crippen LogP contribution in [-0.2, 0) is 16.6 Å². The maximum absolute atomic E-state index is 14.5. The van der Waals surface area contributed by atoms with Crippen molar-refractivity contribution in [3.63, 3.8) is 0 Å². The number of benzene rings is 2. The van der Waals surface area contributed by atoms with E-state index in [1.165, 1.54) is 23.7 Å². The Balaban J connectivity index is 1.49. The van der Waals surface area contributed by atoms with Crippen molar-refractivity contribution in [3.8, 4) is 22.7 Å². The number of piperidine rings is 1. The second-order valence-corrected chi connectivity index (χ2v) is 11.5. The second-order valence-electron chi connectivity index (χ2n) is 10.5. The molecule has 1 amide bonds. The van der Waals surface area contributed by atoms with Crippen LogP contribution in [0.1, 0.15) is 56.1 Å². The lowest BCUT2D eigenvalue weighted by Crippen LogP contribution is -2.40. The summed E-state index contributed by atoms with van der Waals surface area (Å²) in [5.41, 5.74) is 4.57. The molecule has 1 spiro atoms. The number of hydrogen-bond donors (Lipinski definition) is 0. The summed E-state index contributed by atoms with van der Waals surface area (Å²) >= 11 is 1.38. The fourth-order valence-corrected chi connectivity index (χ4v) is 7.34. The van der Waals surface area contributed by atoms with Crippen molar-refractivity contribution in [1.29, 1.82) is 0 Å². The molecule has 3 aliphatic rings. The van der Waals surface area contributed by atoms with Gasteiger partial charge in [0.25, 0.3) is 5.56 Å². The van der Waals surface area contributed by atoms with Crippen LogP contribution in [-0.4, -0.2) is 46.3 Å². The number of thioether (sulfide) groups is 1. The molecule has 0 N–H and O–H groups in total. The topological polar surface area (TPSA) is 64.4 Å². The molecular formula is C30H33N3O3S. The summed E-state index contributed by atoms with van der Waals surface area (Å²) in [6.07, 6.45) is 8.46. The number of fused-ring (bicyclic) bond motifs is 4. The van der Waals surface area contributed by atoms with Crippen LogP contribution < -0.4 is 10.3 Å². The quantitative estimate of drug-likeness (QED) is 0.337. The predicted molar refractivity (Wildman–Crippen MR) is 147 cm³/mol. The molecule has 37 heavy (non-hydrogen) atoms. The van der Waals surface area contributed by atoms with Gasteiger partial charge in [0.1, 0.15) is 5.75 Å². The van der Waals surface area contributed by atoms with E-state index in [9.17, 15) is 9.59 Å². The molecule has 3 aromatic rings. The molecule has 192 valence electrons. The number of likely N-dealkylation sites (tertiary alicyclic amines) is 1. The van der Waals surface area contributed by atoms with Crippen LogP contribution in [0.15, 0.2) is 58.5 Å². The third-order valence-corrected chi connectivity index (χ3v) is 9.23. The number of methoxy groups -OCH3 is 1. The molecule has 0 bridgehead atoms.